The largest absolute Gasteiger partial charge is 0.350 e. The predicted octanol–water partition coefficient (Wildman–Crippen LogP) is 3.88. The molecule has 0 unspecified atom stereocenters. The van der Waals surface area contributed by atoms with Crippen LogP contribution in [0.3, 0.4) is 0 Å². The van der Waals surface area contributed by atoms with Gasteiger partial charge in [-0.2, -0.15) is 0 Å². The van der Waals surface area contributed by atoms with Gasteiger partial charge in [0.25, 0.3) is 21.8 Å². The highest BCUT2D eigenvalue weighted by Crippen LogP contribution is 2.23. The molecule has 3 N–H and O–H groups in total. The van der Waals surface area contributed by atoms with Crippen molar-refractivity contribution in [3.63, 3.8) is 0 Å². The summed E-state index contributed by atoms with van der Waals surface area (Å²) in [7, 11) is -3.87. The molecule has 3 aromatic rings. The maximum absolute atomic E-state index is 13.0. The lowest BCUT2D eigenvalue weighted by Gasteiger charge is -2.15. The Balaban J connectivity index is 1.88. The number of hydrogen-bond donors (Lipinski definition) is 3. The van der Waals surface area contributed by atoms with E-state index in [0.29, 0.717) is 11.3 Å². The van der Waals surface area contributed by atoms with Crippen molar-refractivity contribution in [2.24, 2.45) is 0 Å². The van der Waals surface area contributed by atoms with Crippen molar-refractivity contribution in [2.45, 2.75) is 24.8 Å². The Bertz CT molecular complexity index is 1190. The maximum Gasteiger partial charge on any atom is 0.261 e. The molecule has 0 saturated carbocycles. The van der Waals surface area contributed by atoms with Gasteiger partial charge in [-0.15, -0.1) is 0 Å². The highest BCUT2D eigenvalue weighted by molar-refractivity contribution is 7.92. The van der Waals surface area contributed by atoms with Crippen molar-refractivity contribution in [1.29, 1.82) is 0 Å². The van der Waals surface area contributed by atoms with Crippen molar-refractivity contribution in [2.75, 3.05) is 10.0 Å². The summed E-state index contributed by atoms with van der Waals surface area (Å²) in [5.41, 5.74) is 0.896. The van der Waals surface area contributed by atoms with E-state index < -0.39 is 15.9 Å². The fraction of sp³-hybridized carbons (Fsp3) is 0.130. The average Bonchev–Trinajstić information content (AvgIpc) is 2.74. The number of benzene rings is 3. The molecule has 0 heterocycles. The SMILES string of the molecule is CC(C)NC(=O)c1ccccc1NC(=O)c1ccccc1NS(=O)(=O)c1ccccc1. The molecule has 0 bridgehead atoms. The lowest BCUT2D eigenvalue weighted by atomic mass is 10.1. The molecule has 0 fully saturated rings. The van der Waals surface area contributed by atoms with Crippen LogP contribution in [-0.4, -0.2) is 26.3 Å². The van der Waals surface area contributed by atoms with Gasteiger partial charge in [-0.3, -0.25) is 14.3 Å². The van der Waals surface area contributed by atoms with Crippen molar-refractivity contribution >= 4 is 33.2 Å². The Hall–Kier alpha value is -3.65. The van der Waals surface area contributed by atoms with E-state index in [1.54, 1.807) is 54.6 Å². The second kappa shape index (κ2) is 9.44. The van der Waals surface area contributed by atoms with Gasteiger partial charge in [0.1, 0.15) is 0 Å². The summed E-state index contributed by atoms with van der Waals surface area (Å²) in [6.07, 6.45) is 0. The maximum atomic E-state index is 13.0. The first-order valence-electron chi connectivity index (χ1n) is 9.66. The Kier molecular flexibility index (Phi) is 6.71. The van der Waals surface area contributed by atoms with Crippen LogP contribution in [-0.2, 0) is 10.0 Å². The number of hydrogen-bond acceptors (Lipinski definition) is 4. The standard InChI is InChI=1S/C23H23N3O4S/c1-16(2)24-22(27)18-12-6-8-14-20(18)25-23(28)19-13-7-9-15-21(19)26-31(29,30)17-10-4-3-5-11-17/h3-16,26H,1-2H3,(H,24,27)(H,25,28). The van der Waals surface area contributed by atoms with Crippen LogP contribution < -0.4 is 15.4 Å². The van der Waals surface area contributed by atoms with Crippen LogP contribution in [0.5, 0.6) is 0 Å². The van der Waals surface area contributed by atoms with Crippen LogP contribution in [0.15, 0.2) is 83.8 Å². The molecule has 31 heavy (non-hydrogen) atoms. The lowest BCUT2D eigenvalue weighted by Crippen LogP contribution is -2.31. The Morgan fingerprint density at radius 1 is 0.710 bits per heavy atom. The van der Waals surface area contributed by atoms with E-state index in [2.05, 4.69) is 15.4 Å². The number of sulfonamides is 1. The van der Waals surface area contributed by atoms with Gasteiger partial charge < -0.3 is 10.6 Å². The van der Waals surface area contributed by atoms with E-state index in [4.69, 9.17) is 0 Å². The summed E-state index contributed by atoms with van der Waals surface area (Å²) >= 11 is 0. The number of nitrogens with one attached hydrogen (secondary N) is 3. The number of rotatable bonds is 7. The van der Waals surface area contributed by atoms with Gasteiger partial charge >= 0.3 is 0 Å². The number of carbonyl (C=O) groups is 2. The topological polar surface area (TPSA) is 104 Å². The number of para-hydroxylation sites is 2. The molecular weight excluding hydrogens is 414 g/mol. The summed E-state index contributed by atoms with van der Waals surface area (Å²) in [4.78, 5) is 25.5. The van der Waals surface area contributed by atoms with E-state index in [1.165, 1.54) is 24.3 Å². The van der Waals surface area contributed by atoms with Crippen molar-refractivity contribution in [3.8, 4) is 0 Å². The van der Waals surface area contributed by atoms with Gasteiger partial charge in [0.05, 0.1) is 27.4 Å². The zero-order chi connectivity index (χ0) is 22.4. The first-order chi connectivity index (χ1) is 14.8. The average molecular weight is 438 g/mol. The minimum Gasteiger partial charge on any atom is -0.350 e. The molecule has 8 heteroatoms. The predicted molar refractivity (Wildman–Crippen MR) is 121 cm³/mol. The van der Waals surface area contributed by atoms with E-state index in [1.807, 2.05) is 13.8 Å². The van der Waals surface area contributed by atoms with Crippen molar-refractivity contribution < 1.29 is 18.0 Å². The second-order valence-electron chi connectivity index (χ2n) is 7.09. The molecule has 2 amide bonds. The molecule has 0 aromatic heterocycles. The fourth-order valence-corrected chi connectivity index (χ4v) is 3.99. The van der Waals surface area contributed by atoms with Gasteiger partial charge in [-0.1, -0.05) is 42.5 Å². The smallest absolute Gasteiger partial charge is 0.261 e. The molecule has 0 radical (unpaired) electrons. The molecule has 0 aliphatic rings. The molecule has 0 aliphatic carbocycles. The quantitative estimate of drug-likeness (QED) is 0.522. The van der Waals surface area contributed by atoms with Crippen LogP contribution in [0.1, 0.15) is 34.6 Å². The molecule has 0 atom stereocenters. The molecule has 7 nitrogen and oxygen atoms in total. The zero-order valence-corrected chi connectivity index (χ0v) is 17.9. The van der Waals surface area contributed by atoms with Crippen molar-refractivity contribution in [3.05, 3.63) is 90.0 Å². The van der Waals surface area contributed by atoms with Crippen LogP contribution in [0.4, 0.5) is 11.4 Å². The minimum atomic E-state index is -3.87. The van der Waals surface area contributed by atoms with Crippen LogP contribution in [0, 0.1) is 0 Å². The zero-order valence-electron chi connectivity index (χ0n) is 17.1. The number of amides is 2. The molecular formula is C23H23N3O4S. The van der Waals surface area contributed by atoms with E-state index in [9.17, 15) is 18.0 Å². The fourth-order valence-electron chi connectivity index (χ4n) is 2.89. The Morgan fingerprint density at radius 3 is 1.84 bits per heavy atom. The van der Waals surface area contributed by atoms with Crippen LogP contribution >= 0.6 is 0 Å². The first kappa shape index (κ1) is 22.0. The van der Waals surface area contributed by atoms with E-state index >= 15 is 0 Å². The van der Waals surface area contributed by atoms with Gasteiger partial charge in [-0.25, -0.2) is 8.42 Å². The molecule has 160 valence electrons. The summed E-state index contributed by atoms with van der Waals surface area (Å²) in [5.74, 6) is -0.861. The number of carbonyl (C=O) groups excluding carboxylic acids is 2. The highest BCUT2D eigenvalue weighted by atomic mass is 32.2. The third-order valence-corrected chi connectivity index (χ3v) is 5.69. The van der Waals surface area contributed by atoms with Crippen LogP contribution in [0.25, 0.3) is 0 Å². The third kappa shape index (κ3) is 5.49. The third-order valence-electron chi connectivity index (χ3n) is 4.31. The Morgan fingerprint density at radius 2 is 1.23 bits per heavy atom. The number of anilines is 2. The molecule has 3 aromatic carbocycles. The van der Waals surface area contributed by atoms with Gasteiger partial charge in [0.2, 0.25) is 0 Å². The second-order valence-corrected chi connectivity index (χ2v) is 8.77. The molecule has 0 saturated heterocycles. The normalized spacial score (nSPS) is 11.1. The lowest BCUT2D eigenvalue weighted by molar-refractivity contribution is 0.0944. The van der Waals surface area contributed by atoms with Gasteiger partial charge in [0.15, 0.2) is 0 Å². The monoisotopic (exact) mass is 437 g/mol. The highest BCUT2D eigenvalue weighted by Gasteiger charge is 2.20. The van der Waals surface area contributed by atoms with Gasteiger partial charge in [0, 0.05) is 6.04 Å². The summed E-state index contributed by atoms with van der Waals surface area (Å²) in [6.45, 7) is 3.68. The van der Waals surface area contributed by atoms with E-state index in [-0.39, 0.29) is 28.1 Å². The van der Waals surface area contributed by atoms with Crippen molar-refractivity contribution in [1.82, 2.24) is 5.32 Å². The molecule has 0 spiro atoms. The van der Waals surface area contributed by atoms with Crippen LogP contribution in [0.2, 0.25) is 0 Å². The minimum absolute atomic E-state index is 0.0654. The summed E-state index contributed by atoms with van der Waals surface area (Å²) in [6, 6.07) is 20.7. The van der Waals surface area contributed by atoms with E-state index in [0.717, 1.165) is 0 Å². The molecule has 0 aliphatic heterocycles. The summed E-state index contributed by atoms with van der Waals surface area (Å²) in [5, 5.41) is 5.50. The first-order valence-corrected chi connectivity index (χ1v) is 11.1. The molecule has 3 rings (SSSR count). The Labute approximate surface area is 181 Å². The van der Waals surface area contributed by atoms with Gasteiger partial charge in [-0.05, 0) is 50.2 Å². The summed E-state index contributed by atoms with van der Waals surface area (Å²) < 4.78 is 27.8.